The van der Waals surface area contributed by atoms with Crippen molar-refractivity contribution in [1.82, 2.24) is 20.4 Å². The van der Waals surface area contributed by atoms with E-state index in [0.717, 1.165) is 17.1 Å². The molecule has 0 unspecified atom stereocenters. The number of nitrogens with one attached hydrogen (secondary N) is 1. The van der Waals surface area contributed by atoms with Gasteiger partial charge in [0.15, 0.2) is 0 Å². The Balaban J connectivity index is 2.02. The molecule has 0 aliphatic carbocycles. The second kappa shape index (κ2) is 3.87. The predicted molar refractivity (Wildman–Crippen MR) is 49.7 cm³/mol. The SMILES string of the molecule is Cc1ncccc1OCc1cn[nH]n1. The number of pyridine rings is 1. The molecule has 0 amide bonds. The number of hydrogen-bond donors (Lipinski definition) is 1. The molecular formula is C9H10N4O. The number of hydrogen-bond acceptors (Lipinski definition) is 4. The van der Waals surface area contributed by atoms with Crippen molar-refractivity contribution in [3.63, 3.8) is 0 Å². The third kappa shape index (κ3) is 1.87. The Bertz CT molecular complexity index is 399. The number of aromatic amines is 1. The van der Waals surface area contributed by atoms with Gasteiger partial charge in [0, 0.05) is 6.20 Å². The Labute approximate surface area is 81.1 Å². The molecule has 14 heavy (non-hydrogen) atoms. The standard InChI is InChI=1S/C9H10N4O/c1-7-9(3-2-4-10-7)14-6-8-5-11-13-12-8/h2-5H,6H2,1H3,(H,11,12,13). The molecule has 2 rings (SSSR count). The molecule has 0 radical (unpaired) electrons. The maximum absolute atomic E-state index is 5.50. The van der Waals surface area contributed by atoms with Crippen molar-refractivity contribution in [1.29, 1.82) is 0 Å². The molecule has 2 heterocycles. The monoisotopic (exact) mass is 190 g/mol. The largest absolute Gasteiger partial charge is 0.485 e. The summed E-state index contributed by atoms with van der Waals surface area (Å²) in [6, 6.07) is 3.72. The minimum absolute atomic E-state index is 0.406. The maximum atomic E-state index is 5.50. The summed E-state index contributed by atoms with van der Waals surface area (Å²) in [5.41, 5.74) is 1.64. The van der Waals surface area contributed by atoms with Crippen molar-refractivity contribution in [2.24, 2.45) is 0 Å². The Morgan fingerprint density at radius 2 is 2.43 bits per heavy atom. The van der Waals surface area contributed by atoms with E-state index in [9.17, 15) is 0 Å². The summed E-state index contributed by atoms with van der Waals surface area (Å²) in [5, 5.41) is 10.1. The summed E-state index contributed by atoms with van der Waals surface area (Å²) in [4.78, 5) is 4.11. The van der Waals surface area contributed by atoms with Gasteiger partial charge < -0.3 is 4.74 Å². The van der Waals surface area contributed by atoms with E-state index in [0.29, 0.717) is 6.61 Å². The first-order valence-corrected chi connectivity index (χ1v) is 4.25. The zero-order chi connectivity index (χ0) is 9.80. The average molecular weight is 190 g/mol. The Morgan fingerprint density at radius 3 is 3.14 bits per heavy atom. The van der Waals surface area contributed by atoms with Gasteiger partial charge in [0.1, 0.15) is 18.1 Å². The minimum atomic E-state index is 0.406. The van der Waals surface area contributed by atoms with E-state index < -0.39 is 0 Å². The fraction of sp³-hybridized carbons (Fsp3) is 0.222. The second-order valence-electron chi connectivity index (χ2n) is 2.84. The van der Waals surface area contributed by atoms with Crippen molar-refractivity contribution < 1.29 is 4.74 Å². The van der Waals surface area contributed by atoms with Crippen LogP contribution in [0.1, 0.15) is 11.4 Å². The van der Waals surface area contributed by atoms with Crippen molar-refractivity contribution in [3.05, 3.63) is 35.9 Å². The van der Waals surface area contributed by atoms with Gasteiger partial charge in [0.05, 0.1) is 11.9 Å². The van der Waals surface area contributed by atoms with Crippen molar-refractivity contribution >= 4 is 0 Å². The fourth-order valence-electron chi connectivity index (χ4n) is 1.07. The molecule has 0 saturated carbocycles. The Hall–Kier alpha value is -1.91. The molecule has 0 aromatic carbocycles. The summed E-state index contributed by atoms with van der Waals surface area (Å²) in [5.74, 6) is 0.774. The van der Waals surface area contributed by atoms with E-state index in [1.54, 1.807) is 12.4 Å². The molecule has 2 aromatic rings. The smallest absolute Gasteiger partial charge is 0.141 e. The Morgan fingerprint density at radius 1 is 1.50 bits per heavy atom. The molecule has 5 heteroatoms. The molecule has 1 N–H and O–H groups in total. The average Bonchev–Trinajstić information content (AvgIpc) is 2.69. The van der Waals surface area contributed by atoms with Crippen LogP contribution in [0.5, 0.6) is 5.75 Å². The summed E-state index contributed by atoms with van der Waals surface area (Å²) < 4.78 is 5.50. The molecule has 0 fully saturated rings. The van der Waals surface area contributed by atoms with Gasteiger partial charge in [-0.2, -0.15) is 15.4 Å². The molecule has 0 atom stereocenters. The number of aromatic nitrogens is 4. The summed E-state index contributed by atoms with van der Waals surface area (Å²) in [6.45, 7) is 2.31. The highest BCUT2D eigenvalue weighted by molar-refractivity contribution is 5.25. The molecule has 0 aliphatic heterocycles. The van der Waals surface area contributed by atoms with Crippen LogP contribution in [0.3, 0.4) is 0 Å². The molecule has 0 spiro atoms. The molecule has 0 aliphatic rings. The van der Waals surface area contributed by atoms with E-state index in [-0.39, 0.29) is 0 Å². The summed E-state index contributed by atoms with van der Waals surface area (Å²) in [6.07, 6.45) is 3.37. The predicted octanol–water partition coefficient (Wildman–Crippen LogP) is 1.09. The van der Waals surface area contributed by atoms with Crippen LogP contribution in [0.25, 0.3) is 0 Å². The highest BCUT2D eigenvalue weighted by Crippen LogP contribution is 2.14. The zero-order valence-corrected chi connectivity index (χ0v) is 7.77. The van der Waals surface area contributed by atoms with E-state index >= 15 is 0 Å². The van der Waals surface area contributed by atoms with Crippen molar-refractivity contribution in [3.8, 4) is 5.75 Å². The minimum Gasteiger partial charge on any atom is -0.485 e. The molecule has 2 aromatic heterocycles. The van der Waals surface area contributed by atoms with E-state index in [2.05, 4.69) is 20.4 Å². The fourth-order valence-corrected chi connectivity index (χ4v) is 1.07. The van der Waals surface area contributed by atoms with Crippen molar-refractivity contribution in [2.75, 3.05) is 0 Å². The first-order chi connectivity index (χ1) is 6.86. The van der Waals surface area contributed by atoms with E-state index in [4.69, 9.17) is 4.74 Å². The van der Waals surface area contributed by atoms with Gasteiger partial charge in [0.2, 0.25) is 0 Å². The lowest BCUT2D eigenvalue weighted by atomic mass is 10.3. The highest BCUT2D eigenvalue weighted by Gasteiger charge is 2.00. The van der Waals surface area contributed by atoms with Crippen LogP contribution >= 0.6 is 0 Å². The normalized spacial score (nSPS) is 10.1. The first-order valence-electron chi connectivity index (χ1n) is 4.25. The van der Waals surface area contributed by atoms with Crippen molar-refractivity contribution in [2.45, 2.75) is 13.5 Å². The summed E-state index contributed by atoms with van der Waals surface area (Å²) in [7, 11) is 0. The van der Waals surface area contributed by atoms with Gasteiger partial charge in [-0.15, -0.1) is 0 Å². The maximum Gasteiger partial charge on any atom is 0.141 e. The third-order valence-corrected chi connectivity index (χ3v) is 1.80. The second-order valence-corrected chi connectivity index (χ2v) is 2.84. The topological polar surface area (TPSA) is 63.7 Å². The lowest BCUT2D eigenvalue weighted by Crippen LogP contribution is -1.98. The first kappa shape index (κ1) is 8.68. The van der Waals surface area contributed by atoms with Gasteiger partial charge in [-0.1, -0.05) is 0 Å². The van der Waals surface area contributed by atoms with Gasteiger partial charge >= 0.3 is 0 Å². The van der Waals surface area contributed by atoms with E-state index in [1.807, 2.05) is 19.1 Å². The highest BCUT2D eigenvalue weighted by atomic mass is 16.5. The zero-order valence-electron chi connectivity index (χ0n) is 7.77. The molecular weight excluding hydrogens is 180 g/mol. The van der Waals surface area contributed by atoms with Crippen LogP contribution in [0, 0.1) is 6.92 Å². The quantitative estimate of drug-likeness (QED) is 0.786. The van der Waals surface area contributed by atoms with Crippen LogP contribution in [0.15, 0.2) is 24.5 Å². The van der Waals surface area contributed by atoms with E-state index in [1.165, 1.54) is 0 Å². The van der Waals surface area contributed by atoms with Crippen LogP contribution in [-0.2, 0) is 6.61 Å². The van der Waals surface area contributed by atoms with Crippen LogP contribution in [-0.4, -0.2) is 20.4 Å². The van der Waals surface area contributed by atoms with Gasteiger partial charge in [-0.05, 0) is 19.1 Å². The van der Waals surface area contributed by atoms with Crippen LogP contribution in [0.2, 0.25) is 0 Å². The number of nitrogens with zero attached hydrogens (tertiary/aromatic N) is 3. The lowest BCUT2D eigenvalue weighted by Gasteiger charge is -2.05. The number of H-pyrrole nitrogens is 1. The number of aryl methyl sites for hydroxylation is 1. The molecule has 72 valence electrons. The summed E-state index contributed by atoms with van der Waals surface area (Å²) >= 11 is 0. The van der Waals surface area contributed by atoms with Crippen LogP contribution < -0.4 is 4.74 Å². The van der Waals surface area contributed by atoms with Gasteiger partial charge in [-0.3, -0.25) is 4.98 Å². The lowest BCUT2D eigenvalue weighted by molar-refractivity contribution is 0.297. The van der Waals surface area contributed by atoms with Crippen LogP contribution in [0.4, 0.5) is 0 Å². The molecule has 0 bridgehead atoms. The number of ether oxygens (including phenoxy) is 1. The van der Waals surface area contributed by atoms with Gasteiger partial charge in [-0.25, -0.2) is 0 Å². The Kier molecular flexibility index (Phi) is 2.40. The molecule has 0 saturated heterocycles. The third-order valence-electron chi connectivity index (χ3n) is 1.80. The molecule has 5 nitrogen and oxygen atoms in total. The number of rotatable bonds is 3. The van der Waals surface area contributed by atoms with Gasteiger partial charge in [0.25, 0.3) is 0 Å².